The third kappa shape index (κ3) is 5.30. The van der Waals surface area contributed by atoms with E-state index in [1.54, 1.807) is 24.3 Å². The summed E-state index contributed by atoms with van der Waals surface area (Å²) in [6.07, 6.45) is 0. The number of carboxylic acid groups (broad SMARTS) is 1. The second kappa shape index (κ2) is 8.13. The van der Waals surface area contributed by atoms with Gasteiger partial charge in [0.2, 0.25) is 5.91 Å². The Morgan fingerprint density at radius 3 is 2.72 bits per heavy atom. The van der Waals surface area contributed by atoms with E-state index in [2.05, 4.69) is 10.3 Å². The monoisotopic (exact) mass is 369 g/mol. The molecular weight excluding hydrogens is 352 g/mol. The Hall–Kier alpha value is -2.39. The summed E-state index contributed by atoms with van der Waals surface area (Å²) >= 11 is 1.16. The zero-order chi connectivity index (χ0) is 18.6. The Labute approximate surface area is 147 Å². The summed E-state index contributed by atoms with van der Waals surface area (Å²) in [5, 5.41) is 13.4. The third-order valence-electron chi connectivity index (χ3n) is 3.39. The van der Waals surface area contributed by atoms with Gasteiger partial charge in [0.05, 0.1) is 18.2 Å². The number of likely N-dealkylation sites (N-methyl/N-ethyl adjacent to an activating group) is 1. The number of hydrogen-bond acceptors (Lipinski definition) is 5. The molecule has 0 aliphatic rings. The smallest absolute Gasteiger partial charge is 0.307 e. The summed E-state index contributed by atoms with van der Waals surface area (Å²) < 4.78 is 26.2. The Kier molecular flexibility index (Phi) is 6.16. The Balaban J connectivity index is 1.95. The minimum Gasteiger partial charge on any atom is -0.481 e. The van der Waals surface area contributed by atoms with Gasteiger partial charge in [0.1, 0.15) is 0 Å². The van der Waals surface area contributed by atoms with Gasteiger partial charge in [0, 0.05) is 17.5 Å². The SMILES string of the molecule is CC(CN(C)CC(=O)Nc1nc(-c2ccc(F)c(F)c2)cs1)C(=O)O. The number of anilines is 1. The van der Waals surface area contributed by atoms with Crippen molar-refractivity contribution >= 4 is 28.3 Å². The van der Waals surface area contributed by atoms with Gasteiger partial charge in [-0.3, -0.25) is 14.5 Å². The highest BCUT2D eigenvalue weighted by Crippen LogP contribution is 2.26. The summed E-state index contributed by atoms with van der Waals surface area (Å²) in [5.41, 5.74) is 0.829. The maximum absolute atomic E-state index is 13.3. The quantitative estimate of drug-likeness (QED) is 0.784. The highest BCUT2D eigenvalue weighted by atomic mass is 32.1. The van der Waals surface area contributed by atoms with Crippen LogP contribution in [0.5, 0.6) is 0 Å². The van der Waals surface area contributed by atoms with E-state index in [9.17, 15) is 18.4 Å². The molecular formula is C16H17F2N3O3S. The minimum atomic E-state index is -0.967. The second-order valence-electron chi connectivity index (χ2n) is 5.65. The average Bonchev–Trinajstić information content (AvgIpc) is 2.97. The van der Waals surface area contributed by atoms with Gasteiger partial charge in [-0.1, -0.05) is 6.92 Å². The van der Waals surface area contributed by atoms with E-state index in [0.717, 1.165) is 23.5 Å². The normalized spacial score (nSPS) is 12.2. The molecule has 2 aromatic rings. The molecule has 0 radical (unpaired) electrons. The van der Waals surface area contributed by atoms with Crippen LogP contribution in [0.15, 0.2) is 23.6 Å². The van der Waals surface area contributed by atoms with E-state index in [0.29, 0.717) is 16.4 Å². The number of thiazole rings is 1. The number of hydrogen-bond donors (Lipinski definition) is 2. The third-order valence-corrected chi connectivity index (χ3v) is 4.14. The van der Waals surface area contributed by atoms with Crippen LogP contribution >= 0.6 is 11.3 Å². The fourth-order valence-electron chi connectivity index (χ4n) is 2.13. The maximum atomic E-state index is 13.3. The number of nitrogens with one attached hydrogen (secondary N) is 1. The van der Waals surface area contributed by atoms with Gasteiger partial charge < -0.3 is 10.4 Å². The number of nitrogens with zero attached hydrogens (tertiary/aromatic N) is 2. The number of aromatic nitrogens is 1. The van der Waals surface area contributed by atoms with E-state index < -0.39 is 23.5 Å². The zero-order valence-corrected chi connectivity index (χ0v) is 14.4. The van der Waals surface area contributed by atoms with Gasteiger partial charge in [0.15, 0.2) is 16.8 Å². The van der Waals surface area contributed by atoms with Crippen LogP contribution in [-0.2, 0) is 9.59 Å². The molecule has 1 heterocycles. The van der Waals surface area contributed by atoms with E-state index in [4.69, 9.17) is 5.11 Å². The van der Waals surface area contributed by atoms with Crippen molar-refractivity contribution in [1.29, 1.82) is 0 Å². The molecule has 0 saturated carbocycles. The van der Waals surface area contributed by atoms with Crippen molar-refractivity contribution in [2.45, 2.75) is 6.92 Å². The molecule has 25 heavy (non-hydrogen) atoms. The van der Waals surface area contributed by atoms with E-state index >= 15 is 0 Å². The first-order chi connectivity index (χ1) is 11.8. The number of aliphatic carboxylic acids is 1. The molecule has 2 N–H and O–H groups in total. The molecule has 6 nitrogen and oxygen atoms in total. The van der Waals surface area contributed by atoms with Gasteiger partial charge in [-0.05, 0) is 25.2 Å². The van der Waals surface area contributed by atoms with Crippen LogP contribution in [0, 0.1) is 17.6 Å². The Morgan fingerprint density at radius 2 is 2.08 bits per heavy atom. The summed E-state index contributed by atoms with van der Waals surface area (Å²) in [6, 6.07) is 3.46. The average molecular weight is 369 g/mol. The number of rotatable bonds is 7. The number of halogens is 2. The summed E-state index contributed by atoms with van der Waals surface area (Å²) in [5.74, 6) is -3.76. The maximum Gasteiger partial charge on any atom is 0.307 e. The predicted octanol–water partition coefficient (Wildman–Crippen LogP) is 2.68. The zero-order valence-electron chi connectivity index (χ0n) is 13.6. The topological polar surface area (TPSA) is 82.5 Å². The lowest BCUT2D eigenvalue weighted by atomic mass is 10.2. The first-order valence-corrected chi connectivity index (χ1v) is 8.26. The van der Waals surface area contributed by atoms with Crippen molar-refractivity contribution in [2.24, 2.45) is 5.92 Å². The lowest BCUT2D eigenvalue weighted by Gasteiger charge is -2.17. The summed E-state index contributed by atoms with van der Waals surface area (Å²) in [6.45, 7) is 1.81. The molecule has 0 saturated heterocycles. The van der Waals surface area contributed by atoms with Crippen molar-refractivity contribution in [3.8, 4) is 11.3 Å². The molecule has 0 aliphatic carbocycles. The first kappa shape index (κ1) is 18.9. The Morgan fingerprint density at radius 1 is 1.36 bits per heavy atom. The molecule has 9 heteroatoms. The Bertz CT molecular complexity index is 782. The number of benzene rings is 1. The molecule has 0 aliphatic heterocycles. The lowest BCUT2D eigenvalue weighted by Crippen LogP contribution is -2.35. The molecule has 0 fully saturated rings. The van der Waals surface area contributed by atoms with Gasteiger partial charge in [0.25, 0.3) is 0 Å². The molecule has 1 aromatic carbocycles. The van der Waals surface area contributed by atoms with Crippen LogP contribution in [-0.4, -0.2) is 47.0 Å². The fourth-order valence-corrected chi connectivity index (χ4v) is 2.87. The standard InChI is InChI=1S/C16H17F2N3O3S/c1-9(15(23)24)6-21(2)7-14(22)20-16-19-13(8-25-16)10-3-4-11(17)12(18)5-10/h3-5,8-9H,6-7H2,1-2H3,(H,23,24)(H,19,20,22). The molecule has 0 bridgehead atoms. The van der Waals surface area contributed by atoms with Crippen LogP contribution in [0.25, 0.3) is 11.3 Å². The van der Waals surface area contributed by atoms with Crippen LogP contribution in [0.4, 0.5) is 13.9 Å². The van der Waals surface area contributed by atoms with Crippen LogP contribution < -0.4 is 5.32 Å². The van der Waals surface area contributed by atoms with Crippen molar-refractivity contribution in [3.05, 3.63) is 35.2 Å². The number of amides is 1. The number of carboxylic acids is 1. The highest BCUT2D eigenvalue weighted by Gasteiger charge is 2.16. The van der Waals surface area contributed by atoms with Crippen molar-refractivity contribution < 1.29 is 23.5 Å². The van der Waals surface area contributed by atoms with Crippen molar-refractivity contribution in [2.75, 3.05) is 25.5 Å². The number of carbonyl (C=O) groups excluding carboxylic acids is 1. The molecule has 2 rings (SSSR count). The molecule has 134 valence electrons. The van der Waals surface area contributed by atoms with Gasteiger partial charge in [-0.15, -0.1) is 11.3 Å². The fraction of sp³-hybridized carbons (Fsp3) is 0.312. The van der Waals surface area contributed by atoms with E-state index in [1.807, 2.05) is 0 Å². The van der Waals surface area contributed by atoms with Crippen molar-refractivity contribution in [3.63, 3.8) is 0 Å². The van der Waals surface area contributed by atoms with Crippen LogP contribution in [0.1, 0.15) is 6.92 Å². The van der Waals surface area contributed by atoms with Gasteiger partial charge in [-0.25, -0.2) is 13.8 Å². The summed E-state index contributed by atoms with van der Waals surface area (Å²) in [4.78, 5) is 28.6. The molecule has 0 spiro atoms. The number of carbonyl (C=O) groups is 2. The van der Waals surface area contributed by atoms with Crippen molar-refractivity contribution in [1.82, 2.24) is 9.88 Å². The largest absolute Gasteiger partial charge is 0.481 e. The van der Waals surface area contributed by atoms with Gasteiger partial charge in [-0.2, -0.15) is 0 Å². The summed E-state index contributed by atoms with van der Waals surface area (Å²) in [7, 11) is 1.65. The first-order valence-electron chi connectivity index (χ1n) is 7.38. The molecule has 1 amide bonds. The molecule has 1 aromatic heterocycles. The van der Waals surface area contributed by atoms with Gasteiger partial charge >= 0.3 is 5.97 Å². The molecule has 1 unspecified atom stereocenters. The van der Waals surface area contributed by atoms with E-state index in [1.165, 1.54) is 6.07 Å². The molecule has 1 atom stereocenters. The van der Waals surface area contributed by atoms with E-state index in [-0.39, 0.29) is 19.0 Å². The van der Waals surface area contributed by atoms with Crippen LogP contribution in [0.3, 0.4) is 0 Å². The van der Waals surface area contributed by atoms with Crippen LogP contribution in [0.2, 0.25) is 0 Å². The lowest BCUT2D eigenvalue weighted by molar-refractivity contribution is -0.141. The second-order valence-corrected chi connectivity index (χ2v) is 6.51. The highest BCUT2D eigenvalue weighted by molar-refractivity contribution is 7.14. The minimum absolute atomic E-state index is 0.0116. The predicted molar refractivity (Wildman–Crippen MR) is 90.4 cm³/mol.